The van der Waals surface area contributed by atoms with Gasteiger partial charge in [0.15, 0.2) is 0 Å². The number of rotatable bonds is 3. The molecule has 2 atom stereocenters. The highest BCUT2D eigenvalue weighted by Gasteiger charge is 2.31. The second kappa shape index (κ2) is 8.35. The number of amides is 1. The molecule has 0 bridgehead atoms. The van der Waals surface area contributed by atoms with Crippen LogP contribution >= 0.6 is 0 Å². The van der Waals surface area contributed by atoms with Crippen LogP contribution in [-0.2, 0) is 11.8 Å². The third kappa shape index (κ3) is 4.22. The number of likely N-dealkylation sites (tertiary alicyclic amines) is 1. The van der Waals surface area contributed by atoms with E-state index >= 15 is 0 Å². The van der Waals surface area contributed by atoms with Gasteiger partial charge in [-0.25, -0.2) is 0 Å². The Morgan fingerprint density at radius 3 is 2.93 bits per heavy atom. The molecular weight excluding hydrogens is 352 g/mol. The van der Waals surface area contributed by atoms with E-state index in [9.17, 15) is 4.79 Å². The van der Waals surface area contributed by atoms with Gasteiger partial charge in [-0.2, -0.15) is 5.10 Å². The van der Waals surface area contributed by atoms with E-state index in [-0.39, 0.29) is 5.91 Å². The van der Waals surface area contributed by atoms with E-state index in [1.165, 1.54) is 6.42 Å². The monoisotopic (exact) mass is 382 g/mol. The van der Waals surface area contributed by atoms with Crippen LogP contribution in [0.4, 0.5) is 5.69 Å². The summed E-state index contributed by atoms with van der Waals surface area (Å²) in [4.78, 5) is 15.2. The number of benzene rings is 1. The lowest BCUT2D eigenvalue weighted by Gasteiger charge is -2.39. The maximum absolute atomic E-state index is 12.7. The van der Waals surface area contributed by atoms with Crippen molar-refractivity contribution in [2.24, 2.45) is 18.9 Å². The molecule has 0 saturated carbocycles. The SMILES string of the molecule is CCCN1CC[C@H]2CC(=O)Nc3ccc(-c4cnn(C)c4)cc3OCC[C@H]2C1. The van der Waals surface area contributed by atoms with Gasteiger partial charge in [-0.1, -0.05) is 13.0 Å². The van der Waals surface area contributed by atoms with E-state index in [1.54, 1.807) is 4.68 Å². The fourth-order valence-electron chi connectivity index (χ4n) is 4.53. The van der Waals surface area contributed by atoms with Gasteiger partial charge in [-0.3, -0.25) is 9.48 Å². The first kappa shape index (κ1) is 19.0. The summed E-state index contributed by atoms with van der Waals surface area (Å²) in [6, 6.07) is 5.96. The summed E-state index contributed by atoms with van der Waals surface area (Å²) in [5.74, 6) is 1.82. The normalized spacial score (nSPS) is 23.3. The lowest BCUT2D eigenvalue weighted by Crippen LogP contribution is -2.42. The van der Waals surface area contributed by atoms with E-state index < -0.39 is 0 Å². The van der Waals surface area contributed by atoms with Crippen molar-refractivity contribution >= 4 is 11.6 Å². The molecule has 2 aliphatic rings. The third-order valence-electron chi connectivity index (χ3n) is 6.00. The van der Waals surface area contributed by atoms with Gasteiger partial charge in [0.05, 0.1) is 18.5 Å². The molecule has 4 rings (SSSR count). The molecule has 1 aromatic heterocycles. The van der Waals surface area contributed by atoms with Crippen molar-refractivity contribution in [3.8, 4) is 16.9 Å². The van der Waals surface area contributed by atoms with E-state index in [0.717, 1.165) is 55.0 Å². The molecule has 0 unspecified atom stereocenters. The summed E-state index contributed by atoms with van der Waals surface area (Å²) >= 11 is 0. The maximum Gasteiger partial charge on any atom is 0.224 e. The van der Waals surface area contributed by atoms with Gasteiger partial charge in [0.2, 0.25) is 5.91 Å². The van der Waals surface area contributed by atoms with Crippen molar-refractivity contribution in [3.63, 3.8) is 0 Å². The Hall–Kier alpha value is -2.34. The molecule has 28 heavy (non-hydrogen) atoms. The van der Waals surface area contributed by atoms with Crippen LogP contribution in [0.15, 0.2) is 30.6 Å². The number of nitrogens with zero attached hydrogens (tertiary/aromatic N) is 3. The van der Waals surface area contributed by atoms with Crippen molar-refractivity contribution in [2.45, 2.75) is 32.6 Å². The second-order valence-electron chi connectivity index (χ2n) is 8.11. The largest absolute Gasteiger partial charge is 0.491 e. The Morgan fingerprint density at radius 1 is 1.25 bits per heavy atom. The molecule has 2 aliphatic heterocycles. The van der Waals surface area contributed by atoms with Gasteiger partial charge in [-0.05, 0) is 61.9 Å². The summed E-state index contributed by atoms with van der Waals surface area (Å²) < 4.78 is 7.95. The summed E-state index contributed by atoms with van der Waals surface area (Å²) in [5, 5.41) is 7.33. The zero-order valence-corrected chi connectivity index (χ0v) is 16.9. The van der Waals surface area contributed by atoms with Crippen LogP contribution in [0.2, 0.25) is 0 Å². The Kier molecular flexibility index (Phi) is 5.67. The first-order valence-corrected chi connectivity index (χ1v) is 10.4. The van der Waals surface area contributed by atoms with Crippen molar-refractivity contribution in [2.75, 3.05) is 31.6 Å². The molecule has 1 amide bonds. The molecule has 1 saturated heterocycles. The minimum Gasteiger partial charge on any atom is -0.491 e. The predicted molar refractivity (Wildman–Crippen MR) is 110 cm³/mol. The van der Waals surface area contributed by atoms with E-state index in [2.05, 4.69) is 22.2 Å². The van der Waals surface area contributed by atoms with Crippen molar-refractivity contribution < 1.29 is 9.53 Å². The molecule has 1 fully saturated rings. The fraction of sp³-hybridized carbons (Fsp3) is 0.545. The molecule has 0 aliphatic carbocycles. The molecule has 150 valence electrons. The number of piperidine rings is 1. The van der Waals surface area contributed by atoms with Gasteiger partial charge in [0, 0.05) is 31.8 Å². The Bertz CT molecular complexity index is 832. The lowest BCUT2D eigenvalue weighted by molar-refractivity contribution is -0.118. The molecule has 1 N–H and O–H groups in total. The number of ether oxygens (including phenoxy) is 1. The molecular formula is C22H30N4O2. The first-order chi connectivity index (χ1) is 13.6. The van der Waals surface area contributed by atoms with E-state index in [1.807, 2.05) is 37.6 Å². The minimum atomic E-state index is 0.0971. The van der Waals surface area contributed by atoms with Crippen LogP contribution in [0, 0.1) is 11.8 Å². The minimum absolute atomic E-state index is 0.0971. The van der Waals surface area contributed by atoms with Crippen LogP contribution < -0.4 is 10.1 Å². The standard InChI is InChI=1S/C22H30N4O2/c1-3-8-26-9-6-17-12-22(27)24-20-5-4-16(19-13-23-25(2)14-19)11-21(20)28-10-7-18(17)15-26/h4-5,11,13-14,17-18H,3,6-10,12,15H2,1-2H3,(H,24,27)/t17-,18-/m0/s1. The van der Waals surface area contributed by atoms with Crippen LogP contribution in [0.1, 0.15) is 32.6 Å². The van der Waals surface area contributed by atoms with Gasteiger partial charge in [0.25, 0.3) is 0 Å². The number of anilines is 1. The van der Waals surface area contributed by atoms with Crippen molar-refractivity contribution in [3.05, 3.63) is 30.6 Å². The second-order valence-corrected chi connectivity index (χ2v) is 8.11. The molecule has 0 spiro atoms. The molecule has 3 heterocycles. The first-order valence-electron chi connectivity index (χ1n) is 10.4. The Labute approximate surface area is 166 Å². The van der Waals surface area contributed by atoms with Crippen LogP contribution in [-0.4, -0.2) is 46.8 Å². The predicted octanol–water partition coefficient (Wildman–Crippen LogP) is 3.55. The third-order valence-corrected chi connectivity index (χ3v) is 6.00. The van der Waals surface area contributed by atoms with Crippen LogP contribution in [0.5, 0.6) is 5.75 Å². The zero-order chi connectivity index (χ0) is 19.5. The van der Waals surface area contributed by atoms with Crippen molar-refractivity contribution in [1.82, 2.24) is 14.7 Å². The van der Waals surface area contributed by atoms with Crippen LogP contribution in [0.25, 0.3) is 11.1 Å². The van der Waals surface area contributed by atoms with Crippen molar-refractivity contribution in [1.29, 1.82) is 0 Å². The Balaban J connectivity index is 1.54. The number of hydrogen-bond acceptors (Lipinski definition) is 4. The highest BCUT2D eigenvalue weighted by Crippen LogP contribution is 2.35. The molecule has 6 heteroatoms. The topological polar surface area (TPSA) is 59.4 Å². The van der Waals surface area contributed by atoms with Crippen LogP contribution in [0.3, 0.4) is 0 Å². The van der Waals surface area contributed by atoms with E-state index in [0.29, 0.717) is 24.9 Å². The molecule has 0 radical (unpaired) electrons. The summed E-state index contributed by atoms with van der Waals surface area (Å²) in [7, 11) is 1.91. The zero-order valence-electron chi connectivity index (χ0n) is 16.9. The number of carbonyl (C=O) groups is 1. The summed E-state index contributed by atoms with van der Waals surface area (Å²) in [6.07, 6.45) is 7.71. The number of hydrogen-bond donors (Lipinski definition) is 1. The van der Waals surface area contributed by atoms with Gasteiger partial charge >= 0.3 is 0 Å². The Morgan fingerprint density at radius 2 is 2.14 bits per heavy atom. The summed E-state index contributed by atoms with van der Waals surface area (Å²) in [5.41, 5.74) is 2.85. The smallest absolute Gasteiger partial charge is 0.224 e. The molecule has 1 aromatic carbocycles. The number of carbonyl (C=O) groups excluding carboxylic acids is 1. The fourth-order valence-corrected chi connectivity index (χ4v) is 4.53. The molecule has 6 nitrogen and oxygen atoms in total. The number of aryl methyl sites for hydroxylation is 1. The van der Waals surface area contributed by atoms with E-state index in [4.69, 9.17) is 4.74 Å². The summed E-state index contributed by atoms with van der Waals surface area (Å²) in [6.45, 7) is 6.24. The number of fused-ring (bicyclic) bond motifs is 2. The lowest BCUT2D eigenvalue weighted by atomic mass is 9.81. The average molecular weight is 383 g/mol. The van der Waals surface area contributed by atoms with Gasteiger partial charge in [-0.15, -0.1) is 0 Å². The quantitative estimate of drug-likeness (QED) is 0.882. The highest BCUT2D eigenvalue weighted by atomic mass is 16.5. The maximum atomic E-state index is 12.7. The van der Waals surface area contributed by atoms with Gasteiger partial charge in [0.1, 0.15) is 5.75 Å². The number of nitrogens with one attached hydrogen (secondary N) is 1. The van der Waals surface area contributed by atoms with Gasteiger partial charge < -0.3 is 15.0 Å². The number of aromatic nitrogens is 2. The highest BCUT2D eigenvalue weighted by molar-refractivity contribution is 5.93. The average Bonchev–Trinajstić information content (AvgIpc) is 3.11. The molecule has 2 aromatic rings.